The molecule has 2 aromatic rings. The third-order valence-corrected chi connectivity index (χ3v) is 5.13. The molecule has 1 heterocycles. The summed E-state index contributed by atoms with van der Waals surface area (Å²) in [4.78, 5) is 1.34. The first-order chi connectivity index (χ1) is 11.0. The van der Waals surface area contributed by atoms with E-state index in [2.05, 4.69) is 88.1 Å². The molecule has 0 amide bonds. The molecule has 1 aliphatic rings. The summed E-state index contributed by atoms with van der Waals surface area (Å²) in [6.45, 7) is 8.77. The van der Waals surface area contributed by atoms with E-state index in [1.807, 2.05) is 11.8 Å². The highest BCUT2D eigenvalue weighted by Crippen LogP contribution is 2.46. The monoisotopic (exact) mass is 318 g/mol. The van der Waals surface area contributed by atoms with Crippen LogP contribution in [0.2, 0.25) is 0 Å². The first-order valence-electron chi connectivity index (χ1n) is 8.11. The van der Waals surface area contributed by atoms with E-state index < -0.39 is 0 Å². The van der Waals surface area contributed by atoms with E-state index in [0.717, 1.165) is 12.0 Å². The molecule has 1 aliphatic heterocycles. The van der Waals surface area contributed by atoms with Crippen LogP contribution in [-0.2, 0) is 0 Å². The molecule has 0 spiro atoms. The van der Waals surface area contributed by atoms with Crippen molar-refractivity contribution in [1.29, 1.82) is 0 Å². The van der Waals surface area contributed by atoms with Crippen LogP contribution in [0.3, 0.4) is 0 Å². The minimum Gasteiger partial charge on any atom is -0.115 e. The van der Waals surface area contributed by atoms with Crippen LogP contribution < -0.4 is 0 Å². The van der Waals surface area contributed by atoms with Crippen LogP contribution >= 0.6 is 11.8 Å². The lowest BCUT2D eigenvalue weighted by Gasteiger charge is -2.29. The summed E-state index contributed by atoms with van der Waals surface area (Å²) in [6, 6.07) is 15.4. The normalized spacial score (nSPS) is 15.2. The van der Waals surface area contributed by atoms with Crippen LogP contribution in [0.25, 0.3) is 5.57 Å². The standard InChI is InChI=1S/C22H22S/c1-5-6-7-17-10-13-21-19(14-17)20(15-22(3,4)23-21)18-11-8-16(2)9-12-18/h8-15H,5H2,1-4H3. The fraction of sp³-hybridized carbons (Fsp3) is 0.273. The molecule has 0 N–H and O–H groups in total. The first kappa shape index (κ1) is 16.0. The maximum Gasteiger partial charge on any atom is 0.0339 e. The quantitative estimate of drug-likeness (QED) is 0.575. The van der Waals surface area contributed by atoms with Gasteiger partial charge in [0.15, 0.2) is 0 Å². The van der Waals surface area contributed by atoms with Crippen LogP contribution in [0, 0.1) is 18.8 Å². The Hall–Kier alpha value is -1.91. The Kier molecular flexibility index (Phi) is 4.37. The van der Waals surface area contributed by atoms with Gasteiger partial charge in [0.05, 0.1) is 0 Å². The third kappa shape index (κ3) is 3.54. The van der Waals surface area contributed by atoms with Gasteiger partial charge in [0.1, 0.15) is 0 Å². The van der Waals surface area contributed by atoms with Crippen molar-refractivity contribution in [3.63, 3.8) is 0 Å². The van der Waals surface area contributed by atoms with Gasteiger partial charge in [-0.25, -0.2) is 0 Å². The Labute approximate surface area is 144 Å². The van der Waals surface area contributed by atoms with Gasteiger partial charge in [-0.05, 0) is 55.7 Å². The van der Waals surface area contributed by atoms with Crippen LogP contribution in [0.1, 0.15) is 49.4 Å². The molecule has 0 nitrogen and oxygen atoms in total. The second-order valence-electron chi connectivity index (χ2n) is 6.50. The number of rotatable bonds is 1. The fourth-order valence-electron chi connectivity index (χ4n) is 2.81. The molecule has 0 atom stereocenters. The smallest absolute Gasteiger partial charge is 0.0339 e. The molecule has 1 heteroatoms. The Bertz CT molecular complexity index is 811. The highest BCUT2D eigenvalue weighted by Gasteiger charge is 2.26. The zero-order valence-corrected chi connectivity index (χ0v) is 15.1. The Morgan fingerprint density at radius 3 is 2.48 bits per heavy atom. The van der Waals surface area contributed by atoms with Crippen LogP contribution in [0.5, 0.6) is 0 Å². The van der Waals surface area contributed by atoms with Crippen molar-refractivity contribution in [2.45, 2.75) is 43.8 Å². The molecule has 0 unspecified atom stereocenters. The molecule has 0 aromatic heterocycles. The summed E-state index contributed by atoms with van der Waals surface area (Å²) in [5.74, 6) is 6.43. The van der Waals surface area contributed by atoms with E-state index in [-0.39, 0.29) is 4.75 Å². The van der Waals surface area contributed by atoms with Crippen LogP contribution in [-0.4, -0.2) is 4.75 Å². The maximum atomic E-state index is 3.26. The van der Waals surface area contributed by atoms with Gasteiger partial charge in [-0.3, -0.25) is 0 Å². The summed E-state index contributed by atoms with van der Waals surface area (Å²) in [6.07, 6.45) is 3.28. The lowest BCUT2D eigenvalue weighted by molar-refractivity contribution is 0.891. The van der Waals surface area contributed by atoms with Gasteiger partial charge in [0.25, 0.3) is 0 Å². The minimum absolute atomic E-state index is 0.101. The molecule has 0 saturated carbocycles. The van der Waals surface area contributed by atoms with Crippen molar-refractivity contribution in [2.24, 2.45) is 0 Å². The summed E-state index contributed by atoms with van der Waals surface area (Å²) in [5, 5.41) is 0. The van der Waals surface area contributed by atoms with Crippen molar-refractivity contribution >= 4 is 17.3 Å². The van der Waals surface area contributed by atoms with E-state index in [1.54, 1.807) is 0 Å². The molecule has 116 valence electrons. The number of aryl methyl sites for hydroxylation is 1. The highest BCUT2D eigenvalue weighted by molar-refractivity contribution is 8.01. The minimum atomic E-state index is 0.101. The molecule has 0 radical (unpaired) electrons. The molecule has 0 fully saturated rings. The SMILES string of the molecule is CCC#Cc1ccc2c(c1)C(c1ccc(C)cc1)=CC(C)(C)S2. The van der Waals surface area contributed by atoms with Crippen LogP contribution in [0.4, 0.5) is 0 Å². The lowest BCUT2D eigenvalue weighted by atomic mass is 9.92. The summed E-state index contributed by atoms with van der Waals surface area (Å²) in [5.41, 5.74) is 6.31. The number of benzene rings is 2. The van der Waals surface area contributed by atoms with Gasteiger partial charge in [-0.1, -0.05) is 54.7 Å². The number of hydrogen-bond acceptors (Lipinski definition) is 1. The average molecular weight is 318 g/mol. The molecule has 3 rings (SSSR count). The van der Waals surface area contributed by atoms with Crippen molar-refractivity contribution < 1.29 is 0 Å². The summed E-state index contributed by atoms with van der Waals surface area (Å²) in [7, 11) is 0. The van der Waals surface area contributed by atoms with Gasteiger partial charge in [-0.2, -0.15) is 0 Å². The van der Waals surface area contributed by atoms with Gasteiger partial charge < -0.3 is 0 Å². The van der Waals surface area contributed by atoms with Crippen molar-refractivity contribution in [3.05, 3.63) is 70.8 Å². The van der Waals surface area contributed by atoms with Gasteiger partial charge in [-0.15, -0.1) is 11.8 Å². The van der Waals surface area contributed by atoms with Gasteiger partial charge in [0.2, 0.25) is 0 Å². The summed E-state index contributed by atoms with van der Waals surface area (Å²) < 4.78 is 0.101. The van der Waals surface area contributed by atoms with Crippen molar-refractivity contribution in [1.82, 2.24) is 0 Å². The van der Waals surface area contributed by atoms with E-state index >= 15 is 0 Å². The number of hydrogen-bond donors (Lipinski definition) is 0. The lowest BCUT2D eigenvalue weighted by Crippen LogP contribution is -2.16. The third-order valence-electron chi connectivity index (χ3n) is 3.91. The van der Waals surface area contributed by atoms with E-state index in [0.29, 0.717) is 0 Å². The van der Waals surface area contributed by atoms with Crippen molar-refractivity contribution in [2.75, 3.05) is 0 Å². The molecule has 2 aromatic carbocycles. The fourth-order valence-corrected chi connectivity index (χ4v) is 3.97. The topological polar surface area (TPSA) is 0 Å². The predicted molar refractivity (Wildman–Crippen MR) is 102 cm³/mol. The van der Waals surface area contributed by atoms with Gasteiger partial charge >= 0.3 is 0 Å². The zero-order valence-electron chi connectivity index (χ0n) is 14.2. The van der Waals surface area contributed by atoms with E-state index in [4.69, 9.17) is 0 Å². The second-order valence-corrected chi connectivity index (χ2v) is 8.19. The molecular weight excluding hydrogens is 296 g/mol. The molecule has 23 heavy (non-hydrogen) atoms. The number of thioether (sulfide) groups is 1. The van der Waals surface area contributed by atoms with Crippen LogP contribution in [0.15, 0.2) is 53.4 Å². The average Bonchev–Trinajstić information content (AvgIpc) is 2.52. The van der Waals surface area contributed by atoms with E-state index in [9.17, 15) is 0 Å². The Morgan fingerprint density at radius 2 is 1.78 bits per heavy atom. The van der Waals surface area contributed by atoms with Gasteiger partial charge in [0, 0.05) is 21.6 Å². The highest BCUT2D eigenvalue weighted by atomic mass is 32.2. The first-order valence-corrected chi connectivity index (χ1v) is 8.92. The molecule has 0 aliphatic carbocycles. The molecule has 0 bridgehead atoms. The zero-order chi connectivity index (χ0) is 16.4. The van der Waals surface area contributed by atoms with Crippen molar-refractivity contribution in [3.8, 4) is 11.8 Å². The predicted octanol–water partition coefficient (Wildman–Crippen LogP) is 6.07. The largest absolute Gasteiger partial charge is 0.115 e. The molecular formula is C22H22S. The second kappa shape index (κ2) is 6.30. The van der Waals surface area contributed by atoms with E-state index in [1.165, 1.54) is 27.2 Å². The summed E-state index contributed by atoms with van der Waals surface area (Å²) >= 11 is 1.92. The number of fused-ring (bicyclic) bond motifs is 1. The molecule has 0 saturated heterocycles. The Balaban J connectivity index is 2.14. The maximum absolute atomic E-state index is 3.26. The Morgan fingerprint density at radius 1 is 1.04 bits per heavy atom.